The Morgan fingerprint density at radius 1 is 0.917 bits per heavy atom. The molecule has 0 N–H and O–H groups in total. The molecule has 1 heterocycles. The first-order chi connectivity index (χ1) is 12.2. The Balaban J connectivity index is 3.46. The van der Waals surface area contributed by atoms with Gasteiger partial charge in [-0.15, -0.1) is 0 Å². The average Bonchev–Trinajstić information content (AvgIpc) is 2.42. The van der Waals surface area contributed by atoms with E-state index >= 15 is 0 Å². The van der Waals surface area contributed by atoms with Gasteiger partial charge in [-0.05, 0) is 0 Å². The van der Waals surface area contributed by atoms with E-state index in [2.05, 4.69) is 20.7 Å². The van der Waals surface area contributed by atoms with Gasteiger partial charge in [0.05, 0.1) is 4.11 Å². The van der Waals surface area contributed by atoms with Crippen molar-refractivity contribution < 1.29 is 47.0 Å². The Kier molecular flexibility index (Phi) is 5.92. The van der Waals surface area contributed by atoms with Gasteiger partial charge in [0.1, 0.15) is 12.7 Å². The van der Waals surface area contributed by atoms with E-state index in [1.165, 1.54) is 0 Å². The molecule has 0 amide bonds. The number of ether oxygens (including phenoxy) is 5. The van der Waals surface area contributed by atoms with Crippen LogP contribution >= 0.6 is 15.9 Å². The molecule has 9 nitrogen and oxygen atoms in total. The van der Waals surface area contributed by atoms with E-state index in [4.69, 9.17) is 23.1 Å². The zero-order valence-corrected chi connectivity index (χ0v) is 14.9. The highest BCUT2D eigenvalue weighted by atomic mass is 79.9. The number of hydrogen-bond donors (Lipinski definition) is 0. The fourth-order valence-corrected chi connectivity index (χ4v) is 2.45. The van der Waals surface area contributed by atoms with Crippen molar-refractivity contribution in [2.75, 3.05) is 6.56 Å². The van der Waals surface area contributed by atoms with Gasteiger partial charge in [-0.25, -0.2) is 0 Å². The molecule has 1 fully saturated rings. The van der Waals surface area contributed by atoms with Gasteiger partial charge in [-0.2, -0.15) is 0 Å². The zero-order valence-electron chi connectivity index (χ0n) is 16.4. The minimum atomic E-state index is -2.88. The molecule has 0 aromatic rings. The van der Waals surface area contributed by atoms with Crippen molar-refractivity contribution in [1.29, 1.82) is 0 Å². The number of hydrogen-bond acceptors (Lipinski definition) is 9. The van der Waals surface area contributed by atoms with Crippen molar-refractivity contribution in [2.24, 2.45) is 0 Å². The Labute approximate surface area is 151 Å². The molecule has 0 aromatic heterocycles. The lowest BCUT2D eigenvalue weighted by molar-refractivity contribution is -0.236. The summed E-state index contributed by atoms with van der Waals surface area (Å²) in [6, 6.07) is 0. The van der Waals surface area contributed by atoms with Gasteiger partial charge in [0, 0.05) is 27.7 Å². The van der Waals surface area contributed by atoms with Crippen molar-refractivity contribution in [2.45, 2.75) is 57.1 Å². The van der Waals surface area contributed by atoms with Crippen LogP contribution in [0.1, 0.15) is 31.8 Å². The highest BCUT2D eigenvalue weighted by molar-refractivity contribution is 9.09. The van der Waals surface area contributed by atoms with Gasteiger partial charge in [0.15, 0.2) is 23.3 Å². The summed E-state index contributed by atoms with van der Waals surface area (Å²) in [7, 11) is 0. The highest BCUT2D eigenvalue weighted by Crippen LogP contribution is 2.31. The molecule has 0 unspecified atom stereocenters. The van der Waals surface area contributed by atoms with E-state index in [1.807, 2.05) is 0 Å². The summed E-state index contributed by atoms with van der Waals surface area (Å²) >= 11 is 2.84. The van der Waals surface area contributed by atoms with Crippen LogP contribution in [0.5, 0.6) is 0 Å². The normalized spacial score (nSPS) is 34.8. The standard InChI is InChI=1S/C14H19BrO9/c1-6(16)20-5-10-11(21-7(2)17)12(22-8(3)18)13(14(15)24-10)23-9(4)19/h10-14H,5H2,1-4H3/t10-,11-,12+,13-,14-/m1/s1/i5D2,14D. The van der Waals surface area contributed by atoms with Gasteiger partial charge < -0.3 is 23.7 Å². The molecular formula is C14H19BrO9. The van der Waals surface area contributed by atoms with E-state index < -0.39 is 59.8 Å². The summed E-state index contributed by atoms with van der Waals surface area (Å²) in [5.74, 6) is -3.66. The second kappa shape index (κ2) is 8.97. The maximum absolute atomic E-state index is 11.5. The molecule has 5 atom stereocenters. The van der Waals surface area contributed by atoms with Gasteiger partial charge in [0.2, 0.25) is 0 Å². The van der Waals surface area contributed by atoms with Crippen molar-refractivity contribution in [3.63, 3.8) is 0 Å². The third-order valence-corrected chi connectivity index (χ3v) is 3.24. The van der Waals surface area contributed by atoms with Crippen LogP contribution in [0.15, 0.2) is 0 Å². The number of carbonyl (C=O) groups is 4. The van der Waals surface area contributed by atoms with Crippen molar-refractivity contribution >= 4 is 39.8 Å². The topological polar surface area (TPSA) is 114 Å². The van der Waals surface area contributed by atoms with E-state index in [1.54, 1.807) is 0 Å². The number of esters is 4. The summed E-state index contributed by atoms with van der Waals surface area (Å²) in [5, 5.41) is 0. The predicted octanol–water partition coefficient (Wildman–Crippen LogP) is 0.464. The lowest BCUT2D eigenvalue weighted by Crippen LogP contribution is -2.60. The Hall–Kier alpha value is -1.68. The van der Waals surface area contributed by atoms with Crippen LogP contribution in [0, 0.1) is 0 Å². The van der Waals surface area contributed by atoms with E-state index in [9.17, 15) is 19.2 Å². The van der Waals surface area contributed by atoms with Gasteiger partial charge in [-0.3, -0.25) is 19.2 Å². The largest absolute Gasteiger partial charge is 0.463 e. The maximum atomic E-state index is 11.5. The van der Waals surface area contributed by atoms with Crippen LogP contribution in [0.3, 0.4) is 0 Å². The van der Waals surface area contributed by atoms with Crippen LogP contribution in [-0.2, 0) is 42.9 Å². The van der Waals surface area contributed by atoms with Crippen LogP contribution < -0.4 is 0 Å². The second-order valence-electron chi connectivity index (χ2n) is 4.73. The first-order valence-corrected chi connectivity index (χ1v) is 7.54. The maximum Gasteiger partial charge on any atom is 0.303 e. The fraction of sp³-hybridized carbons (Fsp3) is 0.714. The SMILES string of the molecule is [2H]C([2H])(OC(C)=O)[C@H]1O[C@@]([2H])(Br)[C@H](OC(C)=O)[C@@H](OC(C)=O)[C@@H]1OC(C)=O. The minimum Gasteiger partial charge on any atom is -0.463 e. The van der Waals surface area contributed by atoms with Crippen molar-refractivity contribution in [3.05, 3.63) is 0 Å². The molecule has 24 heavy (non-hydrogen) atoms. The Morgan fingerprint density at radius 3 is 1.83 bits per heavy atom. The molecule has 0 bridgehead atoms. The molecule has 0 spiro atoms. The lowest BCUT2D eigenvalue weighted by atomic mass is 9.99. The zero-order chi connectivity index (χ0) is 21.2. The third kappa shape index (κ3) is 6.08. The molecule has 136 valence electrons. The molecule has 1 rings (SSSR count). The Bertz CT molecular complexity index is 625. The monoisotopic (exact) mass is 413 g/mol. The van der Waals surface area contributed by atoms with Gasteiger partial charge >= 0.3 is 23.9 Å². The minimum absolute atomic E-state index is 0.861. The molecule has 1 aliphatic rings. The first kappa shape index (κ1) is 15.8. The molecule has 1 saturated heterocycles. The van der Waals surface area contributed by atoms with Crippen LogP contribution in [0.25, 0.3) is 0 Å². The number of halogens is 1. The summed E-state index contributed by atoms with van der Waals surface area (Å²) in [6.45, 7) is 1.10. The molecule has 0 aromatic carbocycles. The molecule has 0 saturated carbocycles. The quantitative estimate of drug-likeness (QED) is 0.360. The van der Waals surface area contributed by atoms with E-state index in [-0.39, 0.29) is 0 Å². The first-order valence-electron chi connectivity index (χ1n) is 8.25. The number of rotatable bonds is 5. The molecule has 1 aliphatic heterocycles. The number of carbonyl (C=O) groups excluding carboxylic acids is 4. The molecule has 0 radical (unpaired) electrons. The average molecular weight is 414 g/mol. The molecule has 10 heteroatoms. The highest BCUT2D eigenvalue weighted by Gasteiger charge is 2.51. The van der Waals surface area contributed by atoms with Crippen molar-refractivity contribution in [1.82, 2.24) is 0 Å². The van der Waals surface area contributed by atoms with Crippen LogP contribution in [0.4, 0.5) is 0 Å². The van der Waals surface area contributed by atoms with E-state index in [0.29, 0.717) is 0 Å². The predicted molar refractivity (Wildman–Crippen MR) is 80.9 cm³/mol. The van der Waals surface area contributed by atoms with Gasteiger partial charge in [-0.1, -0.05) is 15.9 Å². The summed E-state index contributed by atoms with van der Waals surface area (Å²) in [4.78, 5) is 43.4. The molecule has 0 aliphatic carbocycles. The Morgan fingerprint density at radius 2 is 1.38 bits per heavy atom. The smallest absolute Gasteiger partial charge is 0.303 e. The van der Waals surface area contributed by atoms with Crippen LogP contribution in [-0.4, -0.2) is 59.8 Å². The van der Waals surface area contributed by atoms with Crippen LogP contribution in [0.2, 0.25) is 0 Å². The second-order valence-corrected chi connectivity index (χ2v) is 5.51. The third-order valence-electron chi connectivity index (χ3n) is 2.60. The van der Waals surface area contributed by atoms with E-state index in [0.717, 1.165) is 27.7 Å². The summed E-state index contributed by atoms with van der Waals surface area (Å²) in [5.41, 5.74) is 0. The van der Waals surface area contributed by atoms with Gasteiger partial charge in [0.25, 0.3) is 0 Å². The summed E-state index contributed by atoms with van der Waals surface area (Å²) in [6.07, 6.45) is -6.84. The lowest BCUT2D eigenvalue weighted by Gasteiger charge is -2.42. The van der Waals surface area contributed by atoms with Crippen molar-refractivity contribution in [3.8, 4) is 0 Å². The summed E-state index contributed by atoms with van der Waals surface area (Å²) < 4.78 is 49.0. The number of alkyl halides is 1. The fourth-order valence-electron chi connectivity index (χ4n) is 1.89. The molecular weight excluding hydrogens is 392 g/mol.